The number of amides is 1. The average Bonchev–Trinajstić information content (AvgIpc) is 3.74. The zero-order valence-electron chi connectivity index (χ0n) is 40.0. The molecule has 14 nitrogen and oxygen atoms in total. The van der Waals surface area contributed by atoms with Crippen LogP contribution < -0.4 is 11.1 Å². The standard InChI is InChI=1S/C53H63N7O7S2/c1-35(41(27-54)38(26-46(61)62)16-19-45(56-5)60-23-20-37-10-8-11-40(42(37)28-60)47-58-43-12-6-7-13-44(43)68-47)57-34-52-32-50(3)30-49(2)31-51(33-52,53(49,50)52)21-9-22-59(24-25-69(64,65)66)48(63)67-29-36-14-17-39(55-4)18-15-36/h6-8,10-19,27,55H,5,9,20-26,28-34,54H2,1-4H3,(H,61,62)(H,64,65,66)/b38-16+,41-27?,45-19+,57-35?. The lowest BCUT2D eigenvalue weighted by atomic mass is 9.00. The number of aromatic nitrogens is 1. The van der Waals surface area contributed by atoms with Gasteiger partial charge >= 0.3 is 12.1 Å². The molecule has 4 saturated carbocycles. The van der Waals surface area contributed by atoms with E-state index >= 15 is 0 Å². The van der Waals surface area contributed by atoms with E-state index in [-0.39, 0.29) is 46.6 Å². The fourth-order valence-corrected chi connectivity index (χ4v) is 16.6. The Morgan fingerprint density at radius 2 is 1.77 bits per heavy atom. The van der Waals surface area contributed by atoms with Gasteiger partial charge in [-0.25, -0.2) is 14.8 Å². The average molecular weight is 974 g/mol. The van der Waals surface area contributed by atoms with Crippen molar-refractivity contribution in [3.63, 3.8) is 0 Å². The molecule has 0 saturated heterocycles. The molecule has 5 unspecified atom stereocenters. The second-order valence-electron chi connectivity index (χ2n) is 20.5. The molecule has 0 bridgehead atoms. The molecular formula is C53H63N7O7S2. The Kier molecular flexibility index (Phi) is 12.7. The maximum Gasteiger partial charge on any atom is 0.410 e. The molecule has 1 aliphatic heterocycles. The number of fused-ring (bicyclic) bond motifs is 2. The van der Waals surface area contributed by atoms with Crippen molar-refractivity contribution in [2.24, 2.45) is 42.8 Å². The number of carbonyl (C=O) groups is 2. The van der Waals surface area contributed by atoms with Crippen molar-refractivity contribution in [2.45, 2.75) is 85.3 Å². The molecule has 1 aromatic heterocycles. The SMILES string of the molecule is C=N/C(=C\C=C(/CC(=O)O)C(=CN)C(C)=NCC12CC3(C)CC4(C)CC(CCCN(CCS(=O)(=O)O)C(=O)OCc5ccc(NC)cc5)(C1)C432)N1CCc2cccc(-c3nc4ccccc4s3)c2C1. The maximum absolute atomic E-state index is 13.4. The minimum absolute atomic E-state index is 0.00826. The number of para-hydroxylation sites is 1. The van der Waals surface area contributed by atoms with Crippen molar-refractivity contribution in [3.8, 4) is 10.6 Å². The molecule has 3 aromatic carbocycles. The number of allylic oxidation sites excluding steroid dienone is 3. The van der Waals surface area contributed by atoms with E-state index in [0.29, 0.717) is 48.7 Å². The van der Waals surface area contributed by atoms with Crippen LogP contribution in [0.3, 0.4) is 0 Å². The first-order chi connectivity index (χ1) is 32.9. The highest BCUT2D eigenvalue weighted by molar-refractivity contribution is 7.85. The third-order valence-corrected chi connectivity index (χ3v) is 18.2. The van der Waals surface area contributed by atoms with Gasteiger partial charge in [0.15, 0.2) is 0 Å². The molecular weight excluding hydrogens is 911 g/mol. The zero-order valence-corrected chi connectivity index (χ0v) is 41.6. The molecule has 69 heavy (non-hydrogen) atoms. The second-order valence-corrected chi connectivity index (χ2v) is 23.1. The van der Waals surface area contributed by atoms with Gasteiger partial charge in [0.2, 0.25) is 0 Å². The molecule has 1 spiro atoms. The quantitative estimate of drug-likeness (QED) is 0.0374. The van der Waals surface area contributed by atoms with Crippen LogP contribution >= 0.6 is 11.3 Å². The highest BCUT2D eigenvalue weighted by atomic mass is 32.2. The number of carboxylic acids is 1. The van der Waals surface area contributed by atoms with Gasteiger partial charge in [0, 0.05) is 68.5 Å². The maximum atomic E-state index is 13.4. The molecule has 4 aromatic rings. The number of ether oxygens (including phenoxy) is 1. The summed E-state index contributed by atoms with van der Waals surface area (Å²) in [5.74, 6) is -0.923. The number of aliphatic imine (C=N–C) groups is 2. The lowest BCUT2D eigenvalue weighted by Crippen LogP contribution is -2.98. The number of aliphatic carboxylic acids is 1. The Morgan fingerprint density at radius 1 is 1.01 bits per heavy atom. The van der Waals surface area contributed by atoms with Crippen molar-refractivity contribution >= 4 is 61.9 Å². The number of anilines is 1. The van der Waals surface area contributed by atoms with Gasteiger partial charge < -0.3 is 30.7 Å². The zero-order chi connectivity index (χ0) is 49.0. The minimum atomic E-state index is -4.30. The molecule has 5 aliphatic rings. The summed E-state index contributed by atoms with van der Waals surface area (Å²) in [4.78, 5) is 43.9. The molecule has 4 fully saturated rings. The van der Waals surface area contributed by atoms with E-state index in [4.69, 9.17) is 20.4 Å². The minimum Gasteiger partial charge on any atom is -0.481 e. The lowest BCUT2D eigenvalue weighted by Gasteiger charge is -3.03. The first-order valence-electron chi connectivity index (χ1n) is 23.8. The van der Waals surface area contributed by atoms with Crippen LogP contribution in [0.4, 0.5) is 10.5 Å². The highest BCUT2D eigenvalue weighted by Crippen LogP contribution is 3.06. The van der Waals surface area contributed by atoms with Crippen LogP contribution in [0.1, 0.15) is 82.4 Å². The summed E-state index contributed by atoms with van der Waals surface area (Å²) < 4.78 is 39.9. The van der Waals surface area contributed by atoms with Crippen LogP contribution in [0, 0.1) is 27.1 Å². The number of carbonyl (C=O) groups excluding carboxylic acids is 1. The van der Waals surface area contributed by atoms with Gasteiger partial charge in [-0.15, -0.1) is 11.3 Å². The molecule has 9 rings (SSSR count). The molecule has 5 N–H and O–H groups in total. The molecule has 16 heteroatoms. The smallest absolute Gasteiger partial charge is 0.410 e. The lowest BCUT2D eigenvalue weighted by molar-refractivity contribution is -0.553. The van der Waals surface area contributed by atoms with Crippen LogP contribution in [-0.2, 0) is 39.2 Å². The van der Waals surface area contributed by atoms with E-state index < -0.39 is 27.9 Å². The summed E-state index contributed by atoms with van der Waals surface area (Å²) in [6.45, 7) is 12.7. The molecule has 364 valence electrons. The van der Waals surface area contributed by atoms with Gasteiger partial charge in [-0.3, -0.25) is 14.3 Å². The van der Waals surface area contributed by atoms with Crippen LogP contribution in [-0.4, -0.2) is 96.3 Å². The van der Waals surface area contributed by atoms with E-state index in [0.717, 1.165) is 77.1 Å². The van der Waals surface area contributed by atoms with Gasteiger partial charge in [0.05, 0.1) is 22.4 Å². The van der Waals surface area contributed by atoms with Crippen LogP contribution in [0.5, 0.6) is 0 Å². The summed E-state index contributed by atoms with van der Waals surface area (Å²) in [5, 5.41) is 14.2. The largest absolute Gasteiger partial charge is 0.481 e. The predicted molar refractivity (Wildman–Crippen MR) is 273 cm³/mol. The number of hydrogen-bond donors (Lipinski definition) is 4. The summed E-state index contributed by atoms with van der Waals surface area (Å²) in [6, 6.07) is 22.0. The second kappa shape index (κ2) is 18.2. The van der Waals surface area contributed by atoms with Crippen molar-refractivity contribution in [1.29, 1.82) is 0 Å². The van der Waals surface area contributed by atoms with Crippen molar-refractivity contribution in [3.05, 3.63) is 119 Å². The molecule has 2 heterocycles. The number of rotatable bonds is 20. The van der Waals surface area contributed by atoms with E-state index in [9.17, 15) is 27.7 Å². The number of nitrogens with one attached hydrogen (secondary N) is 1. The Labute approximate surface area is 408 Å². The molecule has 5 atom stereocenters. The van der Waals surface area contributed by atoms with Gasteiger partial charge in [-0.2, -0.15) is 8.42 Å². The molecule has 4 aliphatic carbocycles. The number of benzene rings is 3. The van der Waals surface area contributed by atoms with Crippen LogP contribution in [0.25, 0.3) is 20.8 Å². The summed E-state index contributed by atoms with van der Waals surface area (Å²) in [5.41, 5.74) is 14.9. The monoisotopic (exact) mass is 973 g/mol. The Balaban J connectivity index is 0.889. The van der Waals surface area contributed by atoms with Gasteiger partial charge in [0.1, 0.15) is 17.4 Å². The Hall–Kier alpha value is -5.84. The topological polar surface area (TPSA) is 200 Å². The summed E-state index contributed by atoms with van der Waals surface area (Å²) in [7, 11) is -2.48. The number of nitrogens with zero attached hydrogens (tertiary/aromatic N) is 5. The van der Waals surface area contributed by atoms with Crippen molar-refractivity contribution < 1.29 is 32.4 Å². The fraction of sp³-hybridized carbons (Fsp3) is 0.453. The molecule has 1 amide bonds. The van der Waals surface area contributed by atoms with Crippen LogP contribution in [0.2, 0.25) is 0 Å². The van der Waals surface area contributed by atoms with Crippen molar-refractivity contribution in [1.82, 2.24) is 14.8 Å². The number of hydrogen-bond acceptors (Lipinski definition) is 12. The van der Waals surface area contributed by atoms with Gasteiger partial charge in [0.25, 0.3) is 10.1 Å². The Morgan fingerprint density at radius 3 is 2.45 bits per heavy atom. The van der Waals surface area contributed by atoms with E-state index in [1.807, 2.05) is 62.5 Å². The third kappa shape index (κ3) is 8.25. The first kappa shape index (κ1) is 48.2. The summed E-state index contributed by atoms with van der Waals surface area (Å²) >= 11 is 1.68. The van der Waals surface area contributed by atoms with Crippen molar-refractivity contribution in [2.75, 3.05) is 44.3 Å². The third-order valence-electron chi connectivity index (χ3n) is 16.5. The number of thiazole rings is 1. The fourth-order valence-electron chi connectivity index (χ4n) is 15.1. The van der Waals surface area contributed by atoms with E-state index in [2.05, 4.69) is 60.0 Å². The first-order valence-corrected chi connectivity index (χ1v) is 26.2. The number of nitrogens with two attached hydrogens (primary N) is 1. The highest BCUT2D eigenvalue weighted by Gasteiger charge is 3.00. The van der Waals surface area contributed by atoms with Crippen LogP contribution in [0.15, 0.2) is 112 Å². The van der Waals surface area contributed by atoms with E-state index in [1.54, 1.807) is 17.4 Å². The normalized spacial score (nSPS) is 27.1. The molecule has 0 radical (unpaired) electrons. The van der Waals surface area contributed by atoms with E-state index in [1.165, 1.54) is 22.2 Å². The summed E-state index contributed by atoms with van der Waals surface area (Å²) in [6.07, 6.45) is 10.9. The van der Waals surface area contributed by atoms with Gasteiger partial charge in [-0.05, 0) is 138 Å². The predicted octanol–water partition coefficient (Wildman–Crippen LogP) is 9.50. The number of carboxylic acid groups (broad SMARTS) is 1. The van der Waals surface area contributed by atoms with Gasteiger partial charge in [-0.1, -0.05) is 62.4 Å². The Bertz CT molecular complexity index is 2900.